The first-order valence-electron chi connectivity index (χ1n) is 14.1. The van der Waals surface area contributed by atoms with Crippen LogP contribution >= 0.6 is 0 Å². The molecule has 4 aliphatic carbocycles. The molecule has 2 nitrogen and oxygen atoms in total. The average Bonchev–Trinajstić information content (AvgIpc) is 3.31. The molecule has 0 amide bonds. The topological polar surface area (TPSA) is 26.3 Å². The van der Waals surface area contributed by atoms with Crippen LogP contribution in [-0.4, -0.2) is 12.6 Å². The van der Waals surface area contributed by atoms with Crippen LogP contribution in [0.25, 0.3) is 0 Å². The van der Waals surface area contributed by atoms with E-state index in [0.717, 1.165) is 35.5 Å². The molecule has 0 aliphatic heterocycles. The van der Waals surface area contributed by atoms with Crippen molar-refractivity contribution >= 4 is 5.97 Å². The lowest BCUT2D eigenvalue weighted by atomic mass is 9.54. The Morgan fingerprint density at radius 1 is 1.15 bits per heavy atom. The third-order valence-electron chi connectivity index (χ3n) is 11.4. The van der Waals surface area contributed by atoms with E-state index in [9.17, 15) is 4.79 Å². The van der Waals surface area contributed by atoms with Gasteiger partial charge in [0.2, 0.25) is 0 Å². The summed E-state index contributed by atoms with van der Waals surface area (Å²) < 4.78 is 5.26. The van der Waals surface area contributed by atoms with Gasteiger partial charge in [-0.2, -0.15) is 0 Å². The van der Waals surface area contributed by atoms with Crippen molar-refractivity contribution in [1.29, 1.82) is 0 Å². The maximum Gasteiger partial charge on any atom is 0.330 e. The van der Waals surface area contributed by atoms with Gasteiger partial charge in [0.15, 0.2) is 0 Å². The Morgan fingerprint density at radius 3 is 2.61 bits per heavy atom. The number of hydrogen-bond acceptors (Lipinski definition) is 2. The molecule has 0 spiro atoms. The maximum absolute atomic E-state index is 12.3. The van der Waals surface area contributed by atoms with E-state index in [1.807, 2.05) is 6.92 Å². The van der Waals surface area contributed by atoms with E-state index in [2.05, 4.69) is 53.7 Å². The van der Waals surface area contributed by atoms with Crippen LogP contribution in [0, 0.1) is 51.8 Å². The zero-order valence-electron chi connectivity index (χ0n) is 22.6. The van der Waals surface area contributed by atoms with Gasteiger partial charge in [-0.25, -0.2) is 4.79 Å². The Morgan fingerprint density at radius 2 is 1.91 bits per heavy atom. The van der Waals surface area contributed by atoms with Crippen LogP contribution in [-0.2, 0) is 9.53 Å². The lowest BCUT2D eigenvalue weighted by Crippen LogP contribution is -2.44. The van der Waals surface area contributed by atoms with Gasteiger partial charge in [0.25, 0.3) is 0 Å². The van der Waals surface area contributed by atoms with E-state index in [-0.39, 0.29) is 16.8 Å². The van der Waals surface area contributed by atoms with Crippen molar-refractivity contribution < 1.29 is 9.53 Å². The molecular weight excluding hydrogens is 404 g/mol. The molecule has 8 atom stereocenters. The van der Waals surface area contributed by atoms with Gasteiger partial charge in [0, 0.05) is 11.5 Å². The van der Waals surface area contributed by atoms with E-state index >= 15 is 0 Å². The Kier molecular flexibility index (Phi) is 6.98. The standard InChI is InChI=1S/C31H50O2/c1-8-33-28(32)16-19-31-20-24-26-13-12-25(22(4)11-9-10-21(2)3)29(26,6)17-15-27(24)30(31,7)18-14-23(31)5/h14,16,19,21-22,24-27H,8-13,15,17-18,20H2,1-7H3/b19-16+/t22-,24+,25-,26+,27+,29-,30-,31-/m1/s1. The number of ether oxygens (including phenoxy) is 1. The molecule has 2 heteroatoms. The minimum atomic E-state index is -0.176. The van der Waals surface area contributed by atoms with E-state index in [4.69, 9.17) is 4.74 Å². The number of carbonyl (C=O) groups excluding carboxylic acids is 1. The maximum atomic E-state index is 12.3. The summed E-state index contributed by atoms with van der Waals surface area (Å²) in [5.74, 6) is 4.84. The average molecular weight is 455 g/mol. The number of rotatable bonds is 8. The third-order valence-corrected chi connectivity index (χ3v) is 11.4. The molecule has 0 N–H and O–H groups in total. The Balaban J connectivity index is 1.56. The lowest BCUT2D eigenvalue weighted by molar-refractivity contribution is -0.137. The summed E-state index contributed by atoms with van der Waals surface area (Å²) in [6.07, 6.45) is 18.7. The van der Waals surface area contributed by atoms with Gasteiger partial charge >= 0.3 is 5.97 Å². The SMILES string of the molecule is CCOC(=O)/C=C/[C@]12C[C@H]3[C@@H]4CC[C@H]([C@H](C)CCCC(C)C)[C@@]4(C)CC[C@@H]3[C@@]1(C)CC=C2C. The summed E-state index contributed by atoms with van der Waals surface area (Å²) in [6.45, 7) is 17.2. The van der Waals surface area contributed by atoms with Crippen LogP contribution < -0.4 is 0 Å². The second-order valence-electron chi connectivity index (χ2n) is 13.2. The summed E-state index contributed by atoms with van der Waals surface area (Å²) in [7, 11) is 0. The quantitative estimate of drug-likeness (QED) is 0.209. The minimum absolute atomic E-state index is 0.0430. The van der Waals surface area contributed by atoms with Crippen molar-refractivity contribution in [2.24, 2.45) is 51.8 Å². The summed E-state index contributed by atoms with van der Waals surface area (Å²) in [4.78, 5) is 12.3. The molecule has 186 valence electrons. The van der Waals surface area contributed by atoms with Crippen LogP contribution in [0.1, 0.15) is 106 Å². The van der Waals surface area contributed by atoms with E-state index < -0.39 is 0 Å². The van der Waals surface area contributed by atoms with Crippen molar-refractivity contribution in [3.63, 3.8) is 0 Å². The van der Waals surface area contributed by atoms with Crippen LogP contribution in [0.2, 0.25) is 0 Å². The molecule has 4 rings (SSSR count). The lowest BCUT2D eigenvalue weighted by Gasteiger charge is -2.51. The molecule has 4 aliphatic rings. The van der Waals surface area contributed by atoms with Crippen molar-refractivity contribution in [1.82, 2.24) is 0 Å². The van der Waals surface area contributed by atoms with Crippen molar-refractivity contribution in [2.45, 2.75) is 106 Å². The molecule has 33 heavy (non-hydrogen) atoms. The molecule has 0 aromatic heterocycles. The fourth-order valence-electron chi connectivity index (χ4n) is 9.61. The van der Waals surface area contributed by atoms with Crippen LogP contribution in [0.3, 0.4) is 0 Å². The second kappa shape index (κ2) is 9.19. The van der Waals surface area contributed by atoms with Gasteiger partial charge in [-0.1, -0.05) is 71.6 Å². The highest BCUT2D eigenvalue weighted by molar-refractivity contribution is 5.82. The Bertz CT molecular complexity index is 793. The minimum Gasteiger partial charge on any atom is -0.463 e. The summed E-state index contributed by atoms with van der Waals surface area (Å²) in [5.41, 5.74) is 2.31. The zero-order valence-corrected chi connectivity index (χ0v) is 22.6. The largest absolute Gasteiger partial charge is 0.463 e. The van der Waals surface area contributed by atoms with Gasteiger partial charge in [-0.15, -0.1) is 0 Å². The summed E-state index contributed by atoms with van der Waals surface area (Å²) in [6, 6.07) is 0. The number of fused-ring (bicyclic) bond motifs is 5. The molecule has 0 aromatic carbocycles. The highest BCUT2D eigenvalue weighted by Gasteiger charge is 2.67. The molecule has 0 saturated heterocycles. The first kappa shape index (κ1) is 25.1. The highest BCUT2D eigenvalue weighted by Crippen LogP contribution is 2.75. The molecule has 0 radical (unpaired) electrons. The number of carbonyl (C=O) groups is 1. The van der Waals surface area contributed by atoms with Crippen molar-refractivity contribution in [3.05, 3.63) is 23.8 Å². The van der Waals surface area contributed by atoms with Crippen LogP contribution in [0.15, 0.2) is 23.8 Å². The van der Waals surface area contributed by atoms with Crippen molar-refractivity contribution in [2.75, 3.05) is 6.61 Å². The number of esters is 1. The van der Waals surface area contributed by atoms with Crippen LogP contribution in [0.4, 0.5) is 0 Å². The normalized spacial score (nSPS) is 42.8. The number of allylic oxidation sites excluding steroid dienone is 3. The van der Waals surface area contributed by atoms with Gasteiger partial charge < -0.3 is 4.74 Å². The molecule has 3 fully saturated rings. The van der Waals surface area contributed by atoms with Gasteiger partial charge in [-0.3, -0.25) is 0 Å². The molecular formula is C31H50O2. The molecule has 0 aromatic rings. The Labute approximate surface area is 204 Å². The fourth-order valence-corrected chi connectivity index (χ4v) is 9.61. The summed E-state index contributed by atoms with van der Waals surface area (Å²) >= 11 is 0. The van der Waals surface area contributed by atoms with Crippen molar-refractivity contribution in [3.8, 4) is 0 Å². The molecule has 0 bridgehead atoms. The second-order valence-corrected chi connectivity index (χ2v) is 13.2. The molecule has 0 heterocycles. The van der Waals surface area contributed by atoms with Gasteiger partial charge in [0.1, 0.15) is 0 Å². The molecule has 3 saturated carbocycles. The fraction of sp³-hybridized carbons (Fsp3) is 0.839. The van der Waals surface area contributed by atoms with Gasteiger partial charge in [-0.05, 0) is 98.7 Å². The number of hydrogen-bond donors (Lipinski definition) is 0. The highest BCUT2D eigenvalue weighted by atomic mass is 16.5. The van der Waals surface area contributed by atoms with E-state index in [1.54, 1.807) is 6.08 Å². The molecule has 0 unspecified atom stereocenters. The first-order chi connectivity index (χ1) is 15.6. The van der Waals surface area contributed by atoms with E-state index in [1.165, 1.54) is 63.4 Å². The third kappa shape index (κ3) is 3.96. The first-order valence-corrected chi connectivity index (χ1v) is 14.1. The Hall–Kier alpha value is -1.05. The van der Waals surface area contributed by atoms with E-state index in [0.29, 0.717) is 12.0 Å². The predicted octanol–water partition coefficient (Wildman–Crippen LogP) is 8.37. The predicted molar refractivity (Wildman–Crippen MR) is 138 cm³/mol. The monoisotopic (exact) mass is 454 g/mol. The summed E-state index contributed by atoms with van der Waals surface area (Å²) in [5, 5.41) is 0. The van der Waals surface area contributed by atoms with Crippen LogP contribution in [0.5, 0.6) is 0 Å². The van der Waals surface area contributed by atoms with Gasteiger partial charge in [0.05, 0.1) is 6.61 Å². The zero-order chi connectivity index (χ0) is 24.0. The smallest absolute Gasteiger partial charge is 0.330 e.